The zero-order valence-corrected chi connectivity index (χ0v) is 16.1. The molecular weight excluding hydrogens is 377 g/mol. The van der Waals surface area contributed by atoms with Crippen molar-refractivity contribution in [2.24, 2.45) is 0 Å². The van der Waals surface area contributed by atoms with Gasteiger partial charge >= 0.3 is 5.56 Å². The van der Waals surface area contributed by atoms with Gasteiger partial charge in [-0.1, -0.05) is 6.07 Å². The van der Waals surface area contributed by atoms with Crippen molar-refractivity contribution in [1.29, 1.82) is 0 Å². The molecule has 1 fully saturated rings. The van der Waals surface area contributed by atoms with E-state index >= 15 is 0 Å². The van der Waals surface area contributed by atoms with Crippen molar-refractivity contribution in [3.63, 3.8) is 0 Å². The fourth-order valence-electron chi connectivity index (χ4n) is 3.23. The third-order valence-corrected chi connectivity index (χ3v) is 4.73. The second kappa shape index (κ2) is 7.73. The summed E-state index contributed by atoms with van der Waals surface area (Å²) in [6.45, 7) is 4.49. The molecule has 0 atom stereocenters. The second-order valence-electron chi connectivity index (χ2n) is 6.79. The van der Waals surface area contributed by atoms with Gasteiger partial charge in [0.15, 0.2) is 5.75 Å². The maximum atomic E-state index is 13.4. The molecule has 0 saturated carbocycles. The molecule has 1 aromatic carbocycles. The van der Waals surface area contributed by atoms with Gasteiger partial charge in [0.25, 0.3) is 0 Å². The Labute approximate surface area is 166 Å². The highest BCUT2D eigenvalue weighted by molar-refractivity contribution is 5.40. The van der Waals surface area contributed by atoms with Gasteiger partial charge in [-0.15, -0.1) is 0 Å². The van der Waals surface area contributed by atoms with Crippen LogP contribution in [0.4, 0.5) is 4.39 Å². The standard InChI is InChI=1S/C21H20FN3O4/c1-14-18(27-13-15-4-3-9-23-12-15)20(26)25(17-7-5-16(22)6-8-17)24-19(14)21(2)28-10-11-29-21/h3-9,12H,10-11,13H2,1-2H3. The maximum absolute atomic E-state index is 13.4. The summed E-state index contributed by atoms with van der Waals surface area (Å²) >= 11 is 0. The molecule has 3 aromatic rings. The predicted molar refractivity (Wildman–Crippen MR) is 102 cm³/mol. The van der Waals surface area contributed by atoms with Crippen LogP contribution in [0.15, 0.2) is 53.6 Å². The molecule has 4 rings (SSSR count). The van der Waals surface area contributed by atoms with Crippen LogP contribution < -0.4 is 10.3 Å². The van der Waals surface area contributed by atoms with Crippen LogP contribution in [-0.2, 0) is 21.9 Å². The summed E-state index contributed by atoms with van der Waals surface area (Å²) in [5.74, 6) is -1.38. The average molecular weight is 397 g/mol. The summed E-state index contributed by atoms with van der Waals surface area (Å²) in [5.41, 5.74) is 1.73. The van der Waals surface area contributed by atoms with Crippen LogP contribution in [0.3, 0.4) is 0 Å². The zero-order valence-electron chi connectivity index (χ0n) is 16.1. The van der Waals surface area contributed by atoms with Crippen LogP contribution >= 0.6 is 0 Å². The van der Waals surface area contributed by atoms with Gasteiger partial charge in [-0.05, 0) is 44.2 Å². The Morgan fingerprint density at radius 1 is 1.21 bits per heavy atom. The molecule has 1 aliphatic heterocycles. The summed E-state index contributed by atoms with van der Waals surface area (Å²) in [5, 5.41) is 4.48. The van der Waals surface area contributed by atoms with Crippen molar-refractivity contribution in [3.8, 4) is 11.4 Å². The van der Waals surface area contributed by atoms with E-state index in [4.69, 9.17) is 14.2 Å². The third-order valence-electron chi connectivity index (χ3n) is 4.73. The maximum Gasteiger partial charge on any atom is 0.314 e. The number of rotatable bonds is 5. The van der Waals surface area contributed by atoms with Crippen LogP contribution in [0.25, 0.3) is 5.69 Å². The van der Waals surface area contributed by atoms with Gasteiger partial charge < -0.3 is 14.2 Å². The fraction of sp³-hybridized carbons (Fsp3) is 0.286. The van der Waals surface area contributed by atoms with Crippen molar-refractivity contribution in [1.82, 2.24) is 14.8 Å². The van der Waals surface area contributed by atoms with Gasteiger partial charge in [0, 0.05) is 23.5 Å². The largest absolute Gasteiger partial charge is 0.483 e. The first-order valence-corrected chi connectivity index (χ1v) is 9.18. The van der Waals surface area contributed by atoms with Gasteiger partial charge in [0.05, 0.1) is 18.9 Å². The smallest absolute Gasteiger partial charge is 0.314 e. The summed E-state index contributed by atoms with van der Waals surface area (Å²) in [6, 6.07) is 9.14. The second-order valence-corrected chi connectivity index (χ2v) is 6.79. The first kappa shape index (κ1) is 19.2. The molecule has 0 spiro atoms. The summed E-state index contributed by atoms with van der Waals surface area (Å²) in [7, 11) is 0. The molecule has 0 aliphatic carbocycles. The highest BCUT2D eigenvalue weighted by Crippen LogP contribution is 2.34. The van der Waals surface area contributed by atoms with Crippen LogP contribution in [0, 0.1) is 12.7 Å². The SMILES string of the molecule is Cc1c(C2(C)OCCO2)nn(-c2ccc(F)cc2)c(=O)c1OCc1cccnc1. The van der Waals surface area contributed by atoms with E-state index in [9.17, 15) is 9.18 Å². The Kier molecular flexibility index (Phi) is 5.12. The van der Waals surface area contributed by atoms with E-state index in [2.05, 4.69) is 10.1 Å². The van der Waals surface area contributed by atoms with Gasteiger partial charge in [-0.2, -0.15) is 9.78 Å². The molecule has 0 bridgehead atoms. The number of halogens is 1. The molecule has 0 amide bonds. The minimum Gasteiger partial charge on any atom is -0.483 e. The van der Waals surface area contributed by atoms with Gasteiger partial charge in [0.1, 0.15) is 18.1 Å². The highest BCUT2D eigenvalue weighted by Gasteiger charge is 2.38. The third kappa shape index (κ3) is 3.76. The van der Waals surface area contributed by atoms with Crippen LogP contribution in [0.5, 0.6) is 5.75 Å². The molecule has 0 unspecified atom stereocenters. The van der Waals surface area contributed by atoms with E-state index in [0.29, 0.717) is 30.2 Å². The normalized spacial score (nSPS) is 15.4. The van der Waals surface area contributed by atoms with E-state index in [1.807, 2.05) is 6.07 Å². The molecular formula is C21H20FN3O4. The monoisotopic (exact) mass is 397 g/mol. The lowest BCUT2D eigenvalue weighted by Crippen LogP contribution is -2.33. The lowest BCUT2D eigenvalue weighted by atomic mass is 10.1. The number of hydrogen-bond acceptors (Lipinski definition) is 6. The minimum atomic E-state index is -1.11. The lowest BCUT2D eigenvalue weighted by Gasteiger charge is -2.25. The Morgan fingerprint density at radius 2 is 1.93 bits per heavy atom. The van der Waals surface area contributed by atoms with Gasteiger partial charge in [0.2, 0.25) is 5.79 Å². The Bertz CT molecular complexity index is 1060. The molecule has 0 radical (unpaired) electrons. The van der Waals surface area contributed by atoms with Crippen molar-refractivity contribution in [3.05, 3.63) is 81.8 Å². The van der Waals surface area contributed by atoms with Crippen molar-refractivity contribution < 1.29 is 18.6 Å². The topological polar surface area (TPSA) is 75.5 Å². The Morgan fingerprint density at radius 3 is 2.59 bits per heavy atom. The van der Waals surface area contributed by atoms with E-state index in [0.717, 1.165) is 5.56 Å². The van der Waals surface area contributed by atoms with Gasteiger partial charge in [-0.25, -0.2) is 4.39 Å². The average Bonchev–Trinajstić information content (AvgIpc) is 3.17. The molecule has 0 N–H and O–H groups in total. The quantitative estimate of drug-likeness (QED) is 0.659. The predicted octanol–water partition coefficient (Wildman–Crippen LogP) is 2.87. The van der Waals surface area contributed by atoms with E-state index in [1.165, 1.54) is 28.9 Å². The number of hydrogen-bond donors (Lipinski definition) is 0. The van der Waals surface area contributed by atoms with E-state index < -0.39 is 17.2 Å². The molecule has 1 aliphatic rings. The minimum absolute atomic E-state index is 0.128. The van der Waals surface area contributed by atoms with E-state index in [-0.39, 0.29) is 12.4 Å². The molecule has 8 heteroatoms. The fourth-order valence-corrected chi connectivity index (χ4v) is 3.23. The van der Waals surface area contributed by atoms with Crippen molar-refractivity contribution >= 4 is 0 Å². The highest BCUT2D eigenvalue weighted by atomic mass is 19.1. The molecule has 2 aromatic heterocycles. The van der Waals surface area contributed by atoms with Crippen LogP contribution in [0.2, 0.25) is 0 Å². The lowest BCUT2D eigenvalue weighted by molar-refractivity contribution is -0.154. The van der Waals surface area contributed by atoms with Crippen LogP contribution in [0.1, 0.15) is 23.7 Å². The first-order valence-electron chi connectivity index (χ1n) is 9.18. The number of benzene rings is 1. The molecule has 1 saturated heterocycles. The molecule has 150 valence electrons. The zero-order chi connectivity index (χ0) is 20.4. The molecule has 29 heavy (non-hydrogen) atoms. The summed E-state index contributed by atoms with van der Waals surface area (Å²) < 4.78 is 31.9. The molecule has 7 nitrogen and oxygen atoms in total. The van der Waals surface area contributed by atoms with E-state index in [1.54, 1.807) is 32.3 Å². The Hall–Kier alpha value is -3.10. The number of ether oxygens (including phenoxy) is 3. The van der Waals surface area contributed by atoms with Gasteiger partial charge in [-0.3, -0.25) is 9.78 Å². The van der Waals surface area contributed by atoms with Crippen LogP contribution in [-0.4, -0.2) is 28.0 Å². The number of nitrogens with zero attached hydrogens (tertiary/aromatic N) is 3. The number of pyridine rings is 1. The molecule has 3 heterocycles. The first-order chi connectivity index (χ1) is 14.0. The summed E-state index contributed by atoms with van der Waals surface area (Å²) in [4.78, 5) is 17.2. The number of aromatic nitrogens is 3. The Balaban J connectivity index is 1.82. The van der Waals surface area contributed by atoms with Crippen molar-refractivity contribution in [2.75, 3.05) is 13.2 Å². The van der Waals surface area contributed by atoms with Crippen molar-refractivity contribution in [2.45, 2.75) is 26.2 Å². The summed E-state index contributed by atoms with van der Waals surface area (Å²) in [6.07, 6.45) is 3.33.